The van der Waals surface area contributed by atoms with E-state index in [-0.39, 0.29) is 12.1 Å². The average Bonchev–Trinajstić information content (AvgIpc) is 2.65. The maximum absolute atomic E-state index is 12.5. The lowest BCUT2D eigenvalue weighted by molar-refractivity contribution is 0.0340. The number of ether oxygens (including phenoxy) is 1. The number of halogens is 2. The number of nitrogens with zero attached hydrogens (tertiary/aromatic N) is 1. The van der Waals surface area contributed by atoms with Gasteiger partial charge in [-0.05, 0) is 23.8 Å². The molecule has 7 heteroatoms. The van der Waals surface area contributed by atoms with Gasteiger partial charge >= 0.3 is 6.03 Å². The van der Waals surface area contributed by atoms with Crippen molar-refractivity contribution in [2.45, 2.75) is 6.04 Å². The summed E-state index contributed by atoms with van der Waals surface area (Å²) in [7, 11) is 0. The van der Waals surface area contributed by atoms with Crippen LogP contribution in [0.15, 0.2) is 48.5 Å². The number of benzene rings is 2. The highest BCUT2D eigenvalue weighted by Crippen LogP contribution is 2.25. The molecule has 0 radical (unpaired) electrons. The summed E-state index contributed by atoms with van der Waals surface area (Å²) in [5.74, 6) is 0. The third-order valence-corrected chi connectivity index (χ3v) is 4.78. The molecule has 0 aromatic heterocycles. The summed E-state index contributed by atoms with van der Waals surface area (Å²) < 4.78 is 5.40. The molecular weight excluding hydrogens is 373 g/mol. The van der Waals surface area contributed by atoms with Crippen LogP contribution in [0.25, 0.3) is 0 Å². The summed E-state index contributed by atoms with van der Waals surface area (Å²) >= 11 is 12.0. The average molecular weight is 394 g/mol. The smallest absolute Gasteiger partial charge is 0.319 e. The Bertz CT molecular complexity index is 737. The lowest BCUT2D eigenvalue weighted by atomic mass is 10.1. The number of hydrogen-bond acceptors (Lipinski definition) is 3. The number of morpholine rings is 1. The molecule has 26 heavy (non-hydrogen) atoms. The van der Waals surface area contributed by atoms with Gasteiger partial charge in [-0.3, -0.25) is 4.90 Å². The van der Waals surface area contributed by atoms with Crippen molar-refractivity contribution in [2.75, 3.05) is 38.2 Å². The molecule has 0 spiro atoms. The minimum absolute atomic E-state index is 0.139. The number of amides is 2. The summed E-state index contributed by atoms with van der Waals surface area (Å²) in [4.78, 5) is 14.8. The van der Waals surface area contributed by atoms with E-state index in [1.165, 1.54) is 0 Å². The first-order chi connectivity index (χ1) is 12.6. The minimum Gasteiger partial charge on any atom is -0.379 e. The Morgan fingerprint density at radius 3 is 2.54 bits per heavy atom. The van der Waals surface area contributed by atoms with Crippen LogP contribution in [-0.4, -0.2) is 43.8 Å². The summed E-state index contributed by atoms with van der Waals surface area (Å²) in [6.45, 7) is 3.86. The topological polar surface area (TPSA) is 53.6 Å². The fourth-order valence-electron chi connectivity index (χ4n) is 2.87. The van der Waals surface area contributed by atoms with Crippen LogP contribution in [0.2, 0.25) is 10.0 Å². The van der Waals surface area contributed by atoms with E-state index in [0.29, 0.717) is 28.9 Å². The zero-order valence-corrected chi connectivity index (χ0v) is 15.8. The Morgan fingerprint density at radius 1 is 1.12 bits per heavy atom. The standard InChI is InChI=1S/C19H21Cl2N3O2/c20-15-6-7-17(16(21)12-15)22-19(25)23-18(14-4-2-1-3-5-14)13-24-8-10-26-11-9-24/h1-7,12,18H,8-11,13H2,(H2,22,23,25). The summed E-state index contributed by atoms with van der Waals surface area (Å²) in [6, 6.07) is 14.5. The molecule has 2 aromatic carbocycles. The second kappa shape index (κ2) is 9.24. The van der Waals surface area contributed by atoms with Gasteiger partial charge in [-0.1, -0.05) is 53.5 Å². The van der Waals surface area contributed by atoms with Crippen LogP contribution in [0.5, 0.6) is 0 Å². The lowest BCUT2D eigenvalue weighted by Gasteiger charge is -2.31. The highest BCUT2D eigenvalue weighted by atomic mass is 35.5. The number of carbonyl (C=O) groups excluding carboxylic acids is 1. The van der Waals surface area contributed by atoms with Crippen LogP contribution in [0.4, 0.5) is 10.5 Å². The van der Waals surface area contributed by atoms with Crippen molar-refractivity contribution in [3.63, 3.8) is 0 Å². The van der Waals surface area contributed by atoms with Crippen molar-refractivity contribution in [1.82, 2.24) is 10.2 Å². The predicted molar refractivity (Wildman–Crippen MR) is 105 cm³/mol. The fraction of sp³-hybridized carbons (Fsp3) is 0.316. The molecule has 2 aromatic rings. The molecule has 3 rings (SSSR count). The monoisotopic (exact) mass is 393 g/mol. The quantitative estimate of drug-likeness (QED) is 0.800. The van der Waals surface area contributed by atoms with E-state index in [2.05, 4.69) is 15.5 Å². The molecule has 1 heterocycles. The molecule has 1 unspecified atom stereocenters. The maximum Gasteiger partial charge on any atom is 0.319 e. The van der Waals surface area contributed by atoms with Gasteiger partial charge < -0.3 is 15.4 Å². The number of anilines is 1. The number of urea groups is 1. The second-order valence-electron chi connectivity index (χ2n) is 6.10. The Hall–Kier alpha value is -1.79. The van der Waals surface area contributed by atoms with Crippen LogP contribution in [0.1, 0.15) is 11.6 Å². The first-order valence-electron chi connectivity index (χ1n) is 8.49. The van der Waals surface area contributed by atoms with E-state index < -0.39 is 0 Å². The molecule has 1 fully saturated rings. The zero-order chi connectivity index (χ0) is 18.4. The Balaban J connectivity index is 1.68. The van der Waals surface area contributed by atoms with Crippen LogP contribution in [-0.2, 0) is 4.74 Å². The van der Waals surface area contributed by atoms with E-state index >= 15 is 0 Å². The summed E-state index contributed by atoms with van der Waals surface area (Å²) in [6.07, 6.45) is 0. The van der Waals surface area contributed by atoms with E-state index in [0.717, 1.165) is 25.2 Å². The minimum atomic E-state index is -0.309. The second-order valence-corrected chi connectivity index (χ2v) is 6.94. The Kier molecular flexibility index (Phi) is 6.74. The van der Waals surface area contributed by atoms with Crippen molar-refractivity contribution < 1.29 is 9.53 Å². The first-order valence-corrected chi connectivity index (χ1v) is 9.25. The lowest BCUT2D eigenvalue weighted by Crippen LogP contribution is -2.44. The SMILES string of the molecule is O=C(Nc1ccc(Cl)cc1Cl)NC(CN1CCOCC1)c1ccccc1. The molecule has 0 aliphatic carbocycles. The van der Waals surface area contributed by atoms with Crippen molar-refractivity contribution >= 4 is 34.9 Å². The number of rotatable bonds is 5. The van der Waals surface area contributed by atoms with Gasteiger partial charge in [0.25, 0.3) is 0 Å². The Morgan fingerprint density at radius 2 is 1.85 bits per heavy atom. The van der Waals surface area contributed by atoms with E-state index in [1.807, 2.05) is 30.3 Å². The molecule has 1 saturated heterocycles. The normalized spacial score (nSPS) is 16.1. The van der Waals surface area contributed by atoms with E-state index in [1.54, 1.807) is 18.2 Å². The largest absolute Gasteiger partial charge is 0.379 e. The summed E-state index contributed by atoms with van der Waals surface area (Å²) in [5, 5.41) is 6.76. The van der Waals surface area contributed by atoms with Crippen LogP contribution in [0.3, 0.4) is 0 Å². The van der Waals surface area contributed by atoms with E-state index in [4.69, 9.17) is 27.9 Å². The number of nitrogens with one attached hydrogen (secondary N) is 2. The molecule has 1 aliphatic rings. The van der Waals surface area contributed by atoms with Gasteiger partial charge in [-0.25, -0.2) is 4.79 Å². The predicted octanol–water partition coefficient (Wildman–Crippen LogP) is 4.19. The van der Waals surface area contributed by atoms with Gasteiger partial charge in [-0.15, -0.1) is 0 Å². The third kappa shape index (κ3) is 5.35. The first kappa shape index (κ1) is 19.0. The number of hydrogen-bond donors (Lipinski definition) is 2. The van der Waals surface area contributed by atoms with Crippen LogP contribution in [0, 0.1) is 0 Å². The van der Waals surface area contributed by atoms with Gasteiger partial charge in [0, 0.05) is 24.7 Å². The molecule has 1 atom stereocenters. The van der Waals surface area contributed by atoms with E-state index in [9.17, 15) is 4.79 Å². The van der Waals surface area contributed by atoms with Crippen molar-refractivity contribution in [3.05, 3.63) is 64.1 Å². The van der Waals surface area contributed by atoms with Crippen molar-refractivity contribution in [1.29, 1.82) is 0 Å². The van der Waals surface area contributed by atoms with Gasteiger partial charge in [0.2, 0.25) is 0 Å². The zero-order valence-electron chi connectivity index (χ0n) is 14.3. The van der Waals surface area contributed by atoms with Crippen LogP contribution < -0.4 is 10.6 Å². The molecule has 5 nitrogen and oxygen atoms in total. The number of carbonyl (C=O) groups is 1. The van der Waals surface area contributed by atoms with Gasteiger partial charge in [-0.2, -0.15) is 0 Å². The molecule has 0 saturated carbocycles. The third-order valence-electron chi connectivity index (χ3n) is 4.23. The van der Waals surface area contributed by atoms with Gasteiger partial charge in [0.1, 0.15) is 0 Å². The maximum atomic E-state index is 12.5. The highest BCUT2D eigenvalue weighted by molar-refractivity contribution is 6.36. The Labute approximate surface area is 163 Å². The molecule has 2 amide bonds. The molecule has 0 bridgehead atoms. The summed E-state index contributed by atoms with van der Waals surface area (Å²) in [5.41, 5.74) is 1.57. The molecule has 138 valence electrons. The van der Waals surface area contributed by atoms with Crippen LogP contribution >= 0.6 is 23.2 Å². The molecule has 2 N–H and O–H groups in total. The molecular formula is C19H21Cl2N3O2. The van der Waals surface area contributed by atoms with Gasteiger partial charge in [0.15, 0.2) is 0 Å². The highest BCUT2D eigenvalue weighted by Gasteiger charge is 2.20. The fourth-order valence-corrected chi connectivity index (χ4v) is 3.32. The van der Waals surface area contributed by atoms with Gasteiger partial charge in [0.05, 0.1) is 30.0 Å². The molecule has 1 aliphatic heterocycles. The van der Waals surface area contributed by atoms with Crippen molar-refractivity contribution in [3.8, 4) is 0 Å². The van der Waals surface area contributed by atoms with Crippen molar-refractivity contribution in [2.24, 2.45) is 0 Å².